The van der Waals surface area contributed by atoms with Crippen molar-refractivity contribution in [2.24, 2.45) is 0 Å². The first kappa shape index (κ1) is 33.6. The molecule has 0 aliphatic heterocycles. The van der Waals surface area contributed by atoms with Crippen LogP contribution in [0.4, 0.5) is 0 Å². The summed E-state index contributed by atoms with van der Waals surface area (Å²) in [5, 5.41) is 3.08. The van der Waals surface area contributed by atoms with E-state index in [1.54, 1.807) is 0 Å². The molecule has 0 radical (unpaired) electrons. The van der Waals surface area contributed by atoms with Crippen LogP contribution < -0.4 is 17.7 Å². The van der Waals surface area contributed by atoms with Gasteiger partial charge in [-0.15, -0.1) is 0 Å². The summed E-state index contributed by atoms with van der Waals surface area (Å²) < 4.78 is 0.822. The minimum Gasteiger partial charge on any atom is -1.00 e. The maximum absolute atomic E-state index is 12.3. The van der Waals surface area contributed by atoms with Gasteiger partial charge < -0.3 is 17.7 Å². The molecule has 0 aromatic heterocycles. The van der Waals surface area contributed by atoms with E-state index in [0.717, 1.165) is 29.7 Å². The Bertz CT molecular complexity index is 449. The monoisotopic (exact) mass is 472 g/mol. The predicted octanol–water partition coefficient (Wildman–Crippen LogP) is 5.15. The van der Waals surface area contributed by atoms with E-state index in [1.807, 2.05) is 6.08 Å². The average Bonchev–Trinajstić information content (AvgIpc) is 2.73. The topological polar surface area (TPSA) is 29.1 Å². The fraction of sp³-hybridized carbons (Fsp3) is 0.893. The lowest BCUT2D eigenvalue weighted by atomic mass is 10.1. The SMILES string of the molecule is CCCCCCCCCCCC[N+](C)(C)/C(C)=C/C(=O)NCCCCCCCCCC.[Cl-]. The Labute approximate surface area is 208 Å². The van der Waals surface area contributed by atoms with Crippen molar-refractivity contribution >= 4 is 5.91 Å². The summed E-state index contributed by atoms with van der Waals surface area (Å²) in [6, 6.07) is 0. The van der Waals surface area contributed by atoms with Crippen molar-refractivity contribution in [3.05, 3.63) is 11.8 Å². The third-order valence-electron chi connectivity index (χ3n) is 6.70. The zero-order chi connectivity index (χ0) is 23.2. The minimum absolute atomic E-state index is 0. The van der Waals surface area contributed by atoms with E-state index >= 15 is 0 Å². The summed E-state index contributed by atoms with van der Waals surface area (Å²) in [6.45, 7) is 8.57. The van der Waals surface area contributed by atoms with Gasteiger partial charge in [-0.05, 0) is 19.3 Å². The molecule has 0 rings (SSSR count). The standard InChI is InChI=1S/C28H56N2O.ClH/c1-6-8-10-12-14-16-17-19-21-23-25-30(4,5)27(3)26-28(31)29-24-22-20-18-15-13-11-9-7-2;/h26H,6-25H2,1-5H3;1H/b27-26+;. The molecular formula is C28H57ClN2O. The maximum Gasteiger partial charge on any atom is 0.249 e. The van der Waals surface area contributed by atoms with Crippen LogP contribution in [0.1, 0.15) is 136 Å². The molecule has 1 N–H and O–H groups in total. The summed E-state index contributed by atoms with van der Waals surface area (Å²) in [4.78, 5) is 12.3. The number of quaternary nitrogens is 1. The number of rotatable bonds is 22. The van der Waals surface area contributed by atoms with E-state index in [-0.39, 0.29) is 18.3 Å². The van der Waals surface area contributed by atoms with Crippen LogP contribution in [0.15, 0.2) is 11.8 Å². The normalized spacial score (nSPS) is 12.0. The third kappa shape index (κ3) is 21.3. The van der Waals surface area contributed by atoms with Crippen LogP contribution in [-0.2, 0) is 4.79 Å². The van der Waals surface area contributed by atoms with Gasteiger partial charge in [0.05, 0.1) is 26.7 Å². The molecule has 0 bridgehead atoms. The van der Waals surface area contributed by atoms with Gasteiger partial charge in [0.1, 0.15) is 5.70 Å². The van der Waals surface area contributed by atoms with Crippen molar-refractivity contribution in [2.45, 2.75) is 136 Å². The number of hydrogen-bond acceptors (Lipinski definition) is 1. The Morgan fingerprint density at radius 1 is 0.656 bits per heavy atom. The molecule has 0 aromatic rings. The molecule has 0 spiro atoms. The molecule has 0 aliphatic carbocycles. The Hall–Kier alpha value is -0.540. The summed E-state index contributed by atoms with van der Waals surface area (Å²) in [5.41, 5.74) is 1.16. The molecular weight excluding hydrogens is 416 g/mol. The van der Waals surface area contributed by atoms with Crippen LogP contribution in [0.25, 0.3) is 0 Å². The molecule has 4 heteroatoms. The first-order valence-electron chi connectivity index (χ1n) is 13.7. The van der Waals surface area contributed by atoms with E-state index in [9.17, 15) is 4.79 Å². The lowest BCUT2D eigenvalue weighted by molar-refractivity contribution is -0.852. The van der Waals surface area contributed by atoms with Crippen LogP contribution in [0, 0.1) is 0 Å². The van der Waals surface area contributed by atoms with Crippen LogP contribution in [0.5, 0.6) is 0 Å². The molecule has 0 atom stereocenters. The van der Waals surface area contributed by atoms with E-state index in [4.69, 9.17) is 0 Å². The number of nitrogens with zero attached hydrogens (tertiary/aromatic N) is 1. The molecule has 3 nitrogen and oxygen atoms in total. The van der Waals surface area contributed by atoms with Crippen molar-refractivity contribution in [1.29, 1.82) is 0 Å². The fourth-order valence-corrected chi connectivity index (χ4v) is 4.06. The minimum atomic E-state index is 0. The van der Waals surface area contributed by atoms with Crippen molar-refractivity contribution in [3.8, 4) is 0 Å². The quantitative estimate of drug-likeness (QED) is 0.132. The van der Waals surface area contributed by atoms with E-state index in [0.29, 0.717) is 0 Å². The molecule has 0 fully saturated rings. The molecule has 0 heterocycles. The summed E-state index contributed by atoms with van der Waals surface area (Å²) in [5.74, 6) is 0.0784. The zero-order valence-corrected chi connectivity index (χ0v) is 23.2. The summed E-state index contributed by atoms with van der Waals surface area (Å²) in [7, 11) is 4.46. The Morgan fingerprint density at radius 3 is 1.47 bits per heavy atom. The van der Waals surface area contributed by atoms with E-state index in [2.05, 4.69) is 40.2 Å². The number of halogens is 1. The molecule has 0 unspecified atom stereocenters. The van der Waals surface area contributed by atoms with Gasteiger partial charge in [-0.2, -0.15) is 0 Å². The van der Waals surface area contributed by atoms with Gasteiger partial charge in [0.2, 0.25) is 5.91 Å². The molecule has 1 amide bonds. The van der Waals surface area contributed by atoms with Crippen molar-refractivity contribution in [2.75, 3.05) is 27.2 Å². The molecule has 0 saturated heterocycles. The van der Waals surface area contributed by atoms with Crippen molar-refractivity contribution in [1.82, 2.24) is 5.32 Å². The smallest absolute Gasteiger partial charge is 0.249 e. The van der Waals surface area contributed by atoms with E-state index < -0.39 is 0 Å². The number of unbranched alkanes of at least 4 members (excludes halogenated alkanes) is 16. The number of allylic oxidation sites excluding steroid dienone is 1. The highest BCUT2D eigenvalue weighted by atomic mass is 35.5. The number of amides is 1. The number of hydrogen-bond donors (Lipinski definition) is 1. The Morgan fingerprint density at radius 2 is 1.03 bits per heavy atom. The molecule has 0 aromatic carbocycles. The van der Waals surface area contributed by atoms with Crippen LogP contribution in [0.2, 0.25) is 0 Å². The van der Waals surface area contributed by atoms with Crippen LogP contribution >= 0.6 is 0 Å². The van der Waals surface area contributed by atoms with Gasteiger partial charge in [0.25, 0.3) is 0 Å². The van der Waals surface area contributed by atoms with Gasteiger partial charge in [0.15, 0.2) is 0 Å². The zero-order valence-electron chi connectivity index (χ0n) is 22.5. The first-order valence-corrected chi connectivity index (χ1v) is 13.7. The highest BCUT2D eigenvalue weighted by Crippen LogP contribution is 2.15. The lowest BCUT2D eigenvalue weighted by Crippen LogP contribution is -3.00. The summed E-state index contributed by atoms with van der Waals surface area (Å²) in [6.07, 6.45) is 25.9. The first-order chi connectivity index (χ1) is 14.9. The highest BCUT2D eigenvalue weighted by Gasteiger charge is 2.18. The number of nitrogens with one attached hydrogen (secondary N) is 1. The molecule has 0 aliphatic rings. The fourth-order valence-electron chi connectivity index (χ4n) is 4.06. The average molecular weight is 473 g/mol. The van der Waals surface area contributed by atoms with Gasteiger partial charge in [0, 0.05) is 13.5 Å². The van der Waals surface area contributed by atoms with Crippen LogP contribution in [0.3, 0.4) is 0 Å². The lowest BCUT2D eigenvalue weighted by Gasteiger charge is -2.30. The second kappa shape index (κ2) is 23.6. The number of carbonyl (C=O) groups excluding carboxylic acids is 1. The number of carbonyl (C=O) groups is 1. The second-order valence-corrected chi connectivity index (χ2v) is 10.1. The maximum atomic E-state index is 12.3. The molecule has 32 heavy (non-hydrogen) atoms. The summed E-state index contributed by atoms with van der Waals surface area (Å²) >= 11 is 0. The van der Waals surface area contributed by atoms with Gasteiger partial charge >= 0.3 is 0 Å². The van der Waals surface area contributed by atoms with Gasteiger partial charge in [-0.1, -0.05) is 110 Å². The van der Waals surface area contributed by atoms with E-state index in [1.165, 1.54) is 109 Å². The van der Waals surface area contributed by atoms with Crippen molar-refractivity contribution < 1.29 is 21.7 Å². The molecule has 192 valence electrons. The van der Waals surface area contributed by atoms with Gasteiger partial charge in [-0.25, -0.2) is 0 Å². The van der Waals surface area contributed by atoms with Crippen molar-refractivity contribution in [3.63, 3.8) is 0 Å². The second-order valence-electron chi connectivity index (χ2n) is 10.1. The largest absolute Gasteiger partial charge is 1.00 e. The molecule has 0 saturated carbocycles. The predicted molar refractivity (Wildman–Crippen MR) is 138 cm³/mol. The third-order valence-corrected chi connectivity index (χ3v) is 6.70. The van der Waals surface area contributed by atoms with Gasteiger partial charge in [-0.3, -0.25) is 9.28 Å². The Kier molecular flexibility index (Phi) is 24.8. The van der Waals surface area contributed by atoms with Crippen LogP contribution in [-0.4, -0.2) is 37.6 Å². The highest BCUT2D eigenvalue weighted by molar-refractivity contribution is 5.87. The Balaban J connectivity index is 0.